The lowest BCUT2D eigenvalue weighted by Crippen LogP contribution is -2.14. The summed E-state index contributed by atoms with van der Waals surface area (Å²) in [4.78, 5) is 11.9. The molecule has 0 aliphatic carbocycles. The number of carbonyl (C=O) groups is 1. The Balaban J connectivity index is 1.39. The van der Waals surface area contributed by atoms with E-state index in [1.807, 2.05) is 0 Å². The van der Waals surface area contributed by atoms with Gasteiger partial charge >= 0.3 is 0 Å². The molecule has 1 heterocycles. The number of aryl methyl sites for hydroxylation is 1. The Morgan fingerprint density at radius 2 is 2.03 bits per heavy atom. The zero-order chi connectivity index (χ0) is 20.6. The fraction of sp³-hybridized carbons (Fsp3) is 0.211. The molecule has 0 bridgehead atoms. The summed E-state index contributed by atoms with van der Waals surface area (Å²) in [6.45, 7) is 0.414. The summed E-state index contributed by atoms with van der Waals surface area (Å²) in [6, 6.07) is 11.0. The summed E-state index contributed by atoms with van der Waals surface area (Å²) in [5.74, 6) is 0.154. The molecule has 152 valence electrons. The number of para-hydroxylation sites is 1. The zero-order valence-electron chi connectivity index (χ0n) is 15.0. The maximum Gasteiger partial charge on any atom is 0.277 e. The molecule has 0 fully saturated rings. The topological polar surface area (TPSA) is 77.2 Å². The third-order valence-corrected chi connectivity index (χ3v) is 4.96. The largest absolute Gasteiger partial charge is 0.492 e. The maximum atomic E-state index is 13.5. The first kappa shape index (κ1) is 21.4. The van der Waals surface area contributed by atoms with Crippen LogP contribution in [-0.2, 0) is 11.2 Å². The summed E-state index contributed by atoms with van der Waals surface area (Å²) in [7, 11) is 0. The van der Waals surface area contributed by atoms with Crippen LogP contribution in [0.15, 0.2) is 52.1 Å². The molecular formula is C19H16Cl2FN3O3S. The van der Waals surface area contributed by atoms with Gasteiger partial charge in [-0.25, -0.2) is 4.39 Å². The highest BCUT2D eigenvalue weighted by Gasteiger charge is 2.11. The standard InChI is InChI=1S/C19H16Cl2FN3O3S/c20-12-7-8-16(13(21)10-12)27-9-3-6-18-24-25-19(28-18)29-11-17(26)23-15-5-2-1-4-14(15)22/h1-2,4-5,7-8,10H,3,6,9,11H2,(H,23,26). The first-order valence-electron chi connectivity index (χ1n) is 8.58. The second-order valence-corrected chi connectivity index (χ2v) is 7.58. The Morgan fingerprint density at radius 3 is 2.83 bits per heavy atom. The number of nitrogens with zero attached hydrogens (tertiary/aromatic N) is 2. The van der Waals surface area contributed by atoms with Gasteiger partial charge in [0.25, 0.3) is 5.22 Å². The molecule has 1 aromatic heterocycles. The molecule has 1 N–H and O–H groups in total. The summed E-state index contributed by atoms with van der Waals surface area (Å²) >= 11 is 13.0. The van der Waals surface area contributed by atoms with E-state index < -0.39 is 5.82 Å². The van der Waals surface area contributed by atoms with E-state index in [1.54, 1.807) is 30.3 Å². The summed E-state index contributed by atoms with van der Waals surface area (Å²) < 4.78 is 24.6. The van der Waals surface area contributed by atoms with Crippen molar-refractivity contribution in [2.75, 3.05) is 17.7 Å². The third-order valence-electron chi connectivity index (χ3n) is 3.61. The average molecular weight is 456 g/mol. The second kappa shape index (κ2) is 10.5. The zero-order valence-corrected chi connectivity index (χ0v) is 17.4. The number of aromatic nitrogens is 2. The molecule has 0 spiro atoms. The van der Waals surface area contributed by atoms with Gasteiger partial charge in [0.05, 0.1) is 23.1 Å². The molecule has 10 heteroatoms. The number of nitrogens with one attached hydrogen (secondary N) is 1. The van der Waals surface area contributed by atoms with Gasteiger partial charge in [-0.15, -0.1) is 10.2 Å². The van der Waals surface area contributed by atoms with E-state index in [0.717, 1.165) is 11.8 Å². The third kappa shape index (κ3) is 6.62. The van der Waals surface area contributed by atoms with Crippen molar-refractivity contribution in [3.05, 3.63) is 64.2 Å². The Labute approximate surface area is 180 Å². The van der Waals surface area contributed by atoms with E-state index in [9.17, 15) is 9.18 Å². The number of halogens is 3. The number of amides is 1. The van der Waals surface area contributed by atoms with Gasteiger partial charge in [0.1, 0.15) is 11.6 Å². The minimum Gasteiger partial charge on any atom is -0.492 e. The fourth-order valence-electron chi connectivity index (χ4n) is 2.27. The quantitative estimate of drug-likeness (QED) is 0.350. The normalized spacial score (nSPS) is 10.7. The van der Waals surface area contributed by atoms with Gasteiger partial charge in [-0.1, -0.05) is 47.1 Å². The number of anilines is 1. The first-order valence-corrected chi connectivity index (χ1v) is 10.3. The molecule has 0 saturated carbocycles. The number of hydrogen-bond donors (Lipinski definition) is 1. The van der Waals surface area contributed by atoms with Crippen molar-refractivity contribution in [3.63, 3.8) is 0 Å². The van der Waals surface area contributed by atoms with Crippen LogP contribution in [0.2, 0.25) is 10.0 Å². The highest BCUT2D eigenvalue weighted by Crippen LogP contribution is 2.27. The molecule has 3 rings (SSSR count). The van der Waals surface area contributed by atoms with Crippen LogP contribution in [0.4, 0.5) is 10.1 Å². The lowest BCUT2D eigenvalue weighted by Gasteiger charge is -2.07. The number of carbonyl (C=O) groups excluding carboxylic acids is 1. The van der Waals surface area contributed by atoms with Crippen LogP contribution in [0.1, 0.15) is 12.3 Å². The van der Waals surface area contributed by atoms with Gasteiger partial charge in [0.15, 0.2) is 0 Å². The number of benzene rings is 2. The van der Waals surface area contributed by atoms with Crippen molar-refractivity contribution in [2.45, 2.75) is 18.1 Å². The van der Waals surface area contributed by atoms with Gasteiger partial charge in [-0.3, -0.25) is 4.79 Å². The van der Waals surface area contributed by atoms with Gasteiger partial charge in [0.2, 0.25) is 11.8 Å². The molecule has 29 heavy (non-hydrogen) atoms. The molecule has 2 aromatic carbocycles. The molecule has 3 aromatic rings. The first-order chi connectivity index (χ1) is 14.0. The van der Waals surface area contributed by atoms with E-state index in [-0.39, 0.29) is 22.6 Å². The fourth-order valence-corrected chi connectivity index (χ4v) is 3.31. The molecule has 0 radical (unpaired) electrons. The van der Waals surface area contributed by atoms with Crippen LogP contribution in [-0.4, -0.2) is 28.5 Å². The predicted octanol–water partition coefficient (Wildman–Crippen LogP) is 5.26. The Morgan fingerprint density at radius 1 is 1.21 bits per heavy atom. The van der Waals surface area contributed by atoms with Gasteiger partial charge in [-0.05, 0) is 36.8 Å². The van der Waals surface area contributed by atoms with Crippen LogP contribution in [0, 0.1) is 5.82 Å². The Bertz CT molecular complexity index is 987. The van der Waals surface area contributed by atoms with Crippen LogP contribution in [0.5, 0.6) is 5.75 Å². The Kier molecular flexibility index (Phi) is 7.74. The molecule has 0 saturated heterocycles. The van der Waals surface area contributed by atoms with Crippen molar-refractivity contribution >= 4 is 46.6 Å². The van der Waals surface area contributed by atoms with Crippen LogP contribution >= 0.6 is 35.0 Å². The molecule has 0 aliphatic heterocycles. The monoisotopic (exact) mass is 455 g/mol. The molecule has 0 atom stereocenters. The van der Waals surface area contributed by atoms with Crippen molar-refractivity contribution in [2.24, 2.45) is 0 Å². The van der Waals surface area contributed by atoms with Crippen LogP contribution < -0.4 is 10.1 Å². The Hall–Kier alpha value is -2.29. The minimum atomic E-state index is -0.493. The van der Waals surface area contributed by atoms with E-state index >= 15 is 0 Å². The lowest BCUT2D eigenvalue weighted by molar-refractivity contribution is -0.113. The average Bonchev–Trinajstić information content (AvgIpc) is 3.15. The van der Waals surface area contributed by atoms with Gasteiger partial charge in [-0.2, -0.15) is 0 Å². The molecule has 6 nitrogen and oxygen atoms in total. The van der Waals surface area contributed by atoms with E-state index in [1.165, 1.54) is 12.1 Å². The molecular weight excluding hydrogens is 440 g/mol. The minimum absolute atomic E-state index is 0.0220. The number of thioether (sulfide) groups is 1. The van der Waals surface area contributed by atoms with Crippen molar-refractivity contribution in [1.82, 2.24) is 10.2 Å². The molecule has 0 aliphatic rings. The highest BCUT2D eigenvalue weighted by molar-refractivity contribution is 7.99. The second-order valence-electron chi connectivity index (χ2n) is 5.81. The SMILES string of the molecule is O=C(CSc1nnc(CCCOc2ccc(Cl)cc2Cl)o1)Nc1ccccc1F. The number of hydrogen-bond acceptors (Lipinski definition) is 6. The van der Waals surface area contributed by atoms with E-state index in [0.29, 0.717) is 41.1 Å². The predicted molar refractivity (Wildman–Crippen MR) is 110 cm³/mol. The highest BCUT2D eigenvalue weighted by atomic mass is 35.5. The van der Waals surface area contributed by atoms with E-state index in [4.69, 9.17) is 32.4 Å². The summed E-state index contributed by atoms with van der Waals surface area (Å²) in [6.07, 6.45) is 1.15. The van der Waals surface area contributed by atoms with Gasteiger partial charge in [0, 0.05) is 11.4 Å². The van der Waals surface area contributed by atoms with E-state index in [2.05, 4.69) is 15.5 Å². The maximum absolute atomic E-state index is 13.5. The van der Waals surface area contributed by atoms with Crippen molar-refractivity contribution in [3.8, 4) is 5.75 Å². The smallest absolute Gasteiger partial charge is 0.277 e. The van der Waals surface area contributed by atoms with Crippen LogP contribution in [0.3, 0.4) is 0 Å². The molecule has 1 amide bonds. The number of ether oxygens (including phenoxy) is 1. The lowest BCUT2D eigenvalue weighted by atomic mass is 10.3. The summed E-state index contributed by atoms with van der Waals surface area (Å²) in [5.41, 5.74) is 0.130. The number of rotatable bonds is 9. The van der Waals surface area contributed by atoms with Crippen molar-refractivity contribution < 1.29 is 18.3 Å². The van der Waals surface area contributed by atoms with Gasteiger partial charge < -0.3 is 14.5 Å². The molecule has 0 unspecified atom stereocenters. The van der Waals surface area contributed by atoms with Crippen LogP contribution in [0.25, 0.3) is 0 Å². The van der Waals surface area contributed by atoms with Crippen molar-refractivity contribution in [1.29, 1.82) is 0 Å². The summed E-state index contributed by atoms with van der Waals surface area (Å²) in [5, 5.41) is 11.6.